The Balaban J connectivity index is 2.44. The lowest BCUT2D eigenvalue weighted by molar-refractivity contribution is 0.0594. The summed E-state index contributed by atoms with van der Waals surface area (Å²) in [6, 6.07) is 0. The van der Waals surface area contributed by atoms with E-state index in [0.717, 1.165) is 5.41 Å². The molecule has 0 amide bonds. The maximum atomic E-state index is 10.3. The number of hydrogen-bond donors (Lipinski definition) is 1. The van der Waals surface area contributed by atoms with Gasteiger partial charge in [-0.2, -0.15) is 8.42 Å². The van der Waals surface area contributed by atoms with Crippen molar-refractivity contribution in [1.82, 2.24) is 4.90 Å². The van der Waals surface area contributed by atoms with Gasteiger partial charge < -0.3 is 9.64 Å². The van der Waals surface area contributed by atoms with Gasteiger partial charge in [-0.15, -0.1) is 0 Å². The van der Waals surface area contributed by atoms with Crippen LogP contribution in [0.25, 0.3) is 0 Å². The van der Waals surface area contributed by atoms with Crippen LogP contribution in [0.3, 0.4) is 0 Å². The van der Waals surface area contributed by atoms with E-state index < -0.39 is 10.1 Å². The average molecular weight is 193 g/mol. The second kappa shape index (κ2) is 3.88. The van der Waals surface area contributed by atoms with Gasteiger partial charge in [0, 0.05) is 19.3 Å². The summed E-state index contributed by atoms with van der Waals surface area (Å²) >= 11 is 0. The number of ether oxygens (including phenoxy) is 1. The van der Waals surface area contributed by atoms with Crippen LogP contribution in [0.5, 0.6) is 0 Å². The van der Waals surface area contributed by atoms with Crippen LogP contribution in [-0.2, 0) is 14.9 Å². The molecule has 0 aromatic heterocycles. The van der Waals surface area contributed by atoms with E-state index in [9.17, 15) is 8.42 Å². The smallest absolute Gasteiger partial charge is 0.289 e. The van der Waals surface area contributed by atoms with Gasteiger partial charge in [0.15, 0.2) is 0 Å². The van der Waals surface area contributed by atoms with Crippen molar-refractivity contribution < 1.29 is 17.7 Å². The van der Waals surface area contributed by atoms with Crippen molar-refractivity contribution in [3.05, 3.63) is 11.6 Å². The van der Waals surface area contributed by atoms with Gasteiger partial charge in [0.25, 0.3) is 10.1 Å². The van der Waals surface area contributed by atoms with E-state index in [1.54, 1.807) is 4.90 Å². The third-order valence-corrected chi connectivity index (χ3v) is 1.95. The molecule has 1 saturated heterocycles. The van der Waals surface area contributed by atoms with E-state index in [0.29, 0.717) is 26.3 Å². The zero-order valence-corrected chi connectivity index (χ0v) is 7.33. The Morgan fingerprint density at radius 2 is 1.92 bits per heavy atom. The van der Waals surface area contributed by atoms with Crippen molar-refractivity contribution in [2.24, 2.45) is 0 Å². The first-order valence-corrected chi connectivity index (χ1v) is 5.06. The lowest BCUT2D eigenvalue weighted by Gasteiger charge is -2.24. The lowest BCUT2D eigenvalue weighted by Crippen LogP contribution is -2.32. The van der Waals surface area contributed by atoms with E-state index in [4.69, 9.17) is 9.29 Å². The van der Waals surface area contributed by atoms with Gasteiger partial charge >= 0.3 is 0 Å². The molecule has 70 valence electrons. The van der Waals surface area contributed by atoms with Crippen LogP contribution < -0.4 is 0 Å². The molecule has 1 rings (SSSR count). The topological polar surface area (TPSA) is 66.8 Å². The maximum Gasteiger partial charge on any atom is 0.289 e. The second-order valence-electron chi connectivity index (χ2n) is 2.45. The molecule has 1 N–H and O–H groups in total. The molecule has 6 heteroatoms. The second-order valence-corrected chi connectivity index (χ2v) is 3.75. The van der Waals surface area contributed by atoms with Crippen molar-refractivity contribution in [3.63, 3.8) is 0 Å². The van der Waals surface area contributed by atoms with Gasteiger partial charge in [-0.25, -0.2) is 0 Å². The minimum absolute atomic E-state index is 0.593. The molecule has 0 bridgehead atoms. The van der Waals surface area contributed by atoms with Gasteiger partial charge in [-0.1, -0.05) is 0 Å². The van der Waals surface area contributed by atoms with Crippen LogP contribution in [0.1, 0.15) is 0 Å². The number of rotatable bonds is 2. The normalized spacial score (nSPS) is 20.2. The van der Waals surface area contributed by atoms with Crippen LogP contribution in [0, 0.1) is 0 Å². The van der Waals surface area contributed by atoms with Crippen molar-refractivity contribution in [1.29, 1.82) is 0 Å². The summed E-state index contributed by atoms with van der Waals surface area (Å²) in [5, 5.41) is 0.776. The summed E-state index contributed by atoms with van der Waals surface area (Å²) in [7, 11) is -3.99. The molecule has 1 aliphatic heterocycles. The Morgan fingerprint density at radius 3 is 2.42 bits per heavy atom. The van der Waals surface area contributed by atoms with Crippen LogP contribution in [0.15, 0.2) is 11.6 Å². The Labute approximate surface area is 71.4 Å². The molecule has 5 nitrogen and oxygen atoms in total. The number of nitrogens with zero attached hydrogens (tertiary/aromatic N) is 1. The summed E-state index contributed by atoms with van der Waals surface area (Å²) in [6.07, 6.45) is 1.36. The molecule has 0 radical (unpaired) electrons. The summed E-state index contributed by atoms with van der Waals surface area (Å²) in [4.78, 5) is 1.78. The fourth-order valence-electron chi connectivity index (χ4n) is 0.890. The molecule has 1 aliphatic rings. The summed E-state index contributed by atoms with van der Waals surface area (Å²) < 4.78 is 34.0. The lowest BCUT2D eigenvalue weighted by atomic mass is 10.5. The predicted molar refractivity (Wildman–Crippen MR) is 43.1 cm³/mol. The highest BCUT2D eigenvalue weighted by Crippen LogP contribution is 1.98. The third kappa shape index (κ3) is 3.70. The first-order valence-electron chi connectivity index (χ1n) is 3.55. The van der Waals surface area contributed by atoms with E-state index in [1.165, 1.54) is 6.20 Å². The van der Waals surface area contributed by atoms with Crippen molar-refractivity contribution in [2.75, 3.05) is 26.3 Å². The van der Waals surface area contributed by atoms with Crippen LogP contribution >= 0.6 is 0 Å². The monoisotopic (exact) mass is 193 g/mol. The Kier molecular flexibility index (Phi) is 3.07. The van der Waals surface area contributed by atoms with Crippen LogP contribution in [0.4, 0.5) is 0 Å². The molecule has 0 aliphatic carbocycles. The quantitative estimate of drug-likeness (QED) is 0.609. The Bertz CT molecular complexity index is 253. The van der Waals surface area contributed by atoms with E-state index in [1.807, 2.05) is 0 Å². The molecular weight excluding hydrogens is 182 g/mol. The third-order valence-electron chi connectivity index (χ3n) is 1.49. The Hall–Kier alpha value is -0.590. The SMILES string of the molecule is O=S(=O)(O)/C=C/N1CCOCC1. The van der Waals surface area contributed by atoms with E-state index >= 15 is 0 Å². The summed E-state index contributed by atoms with van der Waals surface area (Å²) in [6.45, 7) is 2.50. The molecule has 0 aromatic carbocycles. The predicted octanol–water partition coefficient (Wildman–Crippen LogP) is -0.322. The van der Waals surface area contributed by atoms with Gasteiger partial charge in [-0.05, 0) is 0 Å². The van der Waals surface area contributed by atoms with Crippen molar-refractivity contribution in [2.45, 2.75) is 0 Å². The first kappa shape index (κ1) is 9.50. The Morgan fingerprint density at radius 1 is 1.33 bits per heavy atom. The molecule has 0 unspecified atom stereocenters. The standard InChI is InChI=1S/C6H11NO4S/c8-12(9,10)6-3-7-1-4-11-5-2-7/h3,6H,1-2,4-5H2,(H,8,9,10)/b6-3+. The molecule has 0 atom stereocenters. The molecule has 0 aromatic rings. The zero-order chi connectivity index (χ0) is 9.03. The van der Waals surface area contributed by atoms with Crippen molar-refractivity contribution >= 4 is 10.1 Å². The molecule has 0 spiro atoms. The fraction of sp³-hybridized carbons (Fsp3) is 0.667. The highest BCUT2D eigenvalue weighted by molar-refractivity contribution is 7.88. The maximum absolute atomic E-state index is 10.3. The summed E-state index contributed by atoms with van der Waals surface area (Å²) in [5.74, 6) is 0. The summed E-state index contributed by atoms with van der Waals surface area (Å²) in [5.41, 5.74) is 0. The first-order chi connectivity index (χ1) is 5.58. The van der Waals surface area contributed by atoms with Gasteiger partial charge in [0.1, 0.15) is 0 Å². The molecular formula is C6H11NO4S. The van der Waals surface area contributed by atoms with Gasteiger partial charge in [-0.3, -0.25) is 4.55 Å². The molecule has 0 saturated carbocycles. The minimum Gasteiger partial charge on any atom is -0.378 e. The van der Waals surface area contributed by atoms with E-state index in [-0.39, 0.29) is 0 Å². The highest BCUT2D eigenvalue weighted by atomic mass is 32.2. The zero-order valence-electron chi connectivity index (χ0n) is 6.51. The highest BCUT2D eigenvalue weighted by Gasteiger charge is 2.06. The molecule has 12 heavy (non-hydrogen) atoms. The average Bonchev–Trinajstić information content (AvgIpc) is 2.02. The molecule has 1 fully saturated rings. The van der Waals surface area contributed by atoms with Gasteiger partial charge in [0.05, 0.1) is 18.6 Å². The fourth-order valence-corrected chi connectivity index (χ4v) is 1.22. The van der Waals surface area contributed by atoms with Gasteiger partial charge in [0.2, 0.25) is 0 Å². The molecule has 1 heterocycles. The van der Waals surface area contributed by atoms with Crippen molar-refractivity contribution in [3.8, 4) is 0 Å². The number of morpholine rings is 1. The van der Waals surface area contributed by atoms with E-state index in [2.05, 4.69) is 0 Å². The largest absolute Gasteiger partial charge is 0.378 e. The van der Waals surface area contributed by atoms with Crippen LogP contribution in [0.2, 0.25) is 0 Å². The minimum atomic E-state index is -3.99. The van der Waals surface area contributed by atoms with Crippen LogP contribution in [-0.4, -0.2) is 44.2 Å². The number of hydrogen-bond acceptors (Lipinski definition) is 4.